The highest BCUT2D eigenvalue weighted by Gasteiger charge is 2.22. The Balaban J connectivity index is 0.00000450. The van der Waals surface area contributed by atoms with Gasteiger partial charge in [-0.05, 0) is 34.1 Å². The van der Waals surface area contributed by atoms with Crippen molar-refractivity contribution in [2.75, 3.05) is 50.7 Å². The van der Waals surface area contributed by atoms with Crippen molar-refractivity contribution in [3.8, 4) is 0 Å². The van der Waals surface area contributed by atoms with E-state index >= 15 is 0 Å². The van der Waals surface area contributed by atoms with Crippen LogP contribution in [-0.2, 0) is 11.2 Å². The van der Waals surface area contributed by atoms with E-state index in [4.69, 9.17) is 9.73 Å². The molecule has 0 saturated carbocycles. The third-order valence-corrected chi connectivity index (χ3v) is 5.04. The summed E-state index contributed by atoms with van der Waals surface area (Å²) in [6.07, 6.45) is 1.25. The van der Waals surface area contributed by atoms with Crippen LogP contribution >= 0.6 is 35.5 Å². The molecule has 0 spiro atoms. The molecule has 1 aliphatic heterocycles. The number of amides is 1. The molecule has 0 aromatic carbocycles. The van der Waals surface area contributed by atoms with Crippen LogP contribution in [0.3, 0.4) is 0 Å². The molecule has 172 valence electrons. The highest BCUT2D eigenvalue weighted by atomic mass is 127. The number of rotatable bonds is 7. The van der Waals surface area contributed by atoms with Crippen LogP contribution in [0.2, 0.25) is 0 Å². The lowest BCUT2D eigenvalue weighted by atomic mass is 10.2. The summed E-state index contributed by atoms with van der Waals surface area (Å²) in [6.45, 7) is 15.3. The van der Waals surface area contributed by atoms with Crippen LogP contribution < -0.4 is 15.5 Å². The van der Waals surface area contributed by atoms with E-state index in [0.29, 0.717) is 13.1 Å². The molecule has 0 unspecified atom stereocenters. The summed E-state index contributed by atoms with van der Waals surface area (Å²) in [5.74, 6) is 1.85. The highest BCUT2D eigenvalue weighted by molar-refractivity contribution is 14.0. The molecule has 1 aromatic heterocycles. The number of nitrogens with one attached hydrogen (secondary N) is 2. The van der Waals surface area contributed by atoms with Gasteiger partial charge in [-0.1, -0.05) is 6.92 Å². The first-order valence-electron chi connectivity index (χ1n) is 10.4. The quantitative estimate of drug-likeness (QED) is 0.232. The average Bonchev–Trinajstić information content (AvgIpc) is 3.15. The van der Waals surface area contributed by atoms with E-state index in [1.807, 2.05) is 20.8 Å². The molecule has 0 bridgehead atoms. The van der Waals surface area contributed by atoms with Crippen molar-refractivity contribution in [2.45, 2.75) is 53.1 Å². The molecule has 11 heteroatoms. The zero-order chi connectivity index (χ0) is 21.3. The van der Waals surface area contributed by atoms with Gasteiger partial charge in [0.1, 0.15) is 11.4 Å². The topological polar surface area (TPSA) is 95.0 Å². The molecule has 0 radical (unpaired) electrons. The maximum atomic E-state index is 11.7. The van der Waals surface area contributed by atoms with Gasteiger partial charge in [0.15, 0.2) is 5.96 Å². The number of piperazine rings is 1. The van der Waals surface area contributed by atoms with Gasteiger partial charge in [-0.2, -0.15) is 4.37 Å². The summed E-state index contributed by atoms with van der Waals surface area (Å²) in [6, 6.07) is 0. The number of aryl methyl sites for hydroxylation is 1. The SMILES string of the molecule is CCNC(=NCCCNC(=O)OC(C)(C)C)N1CCN(c2nc(CC)ns2)CC1.I. The van der Waals surface area contributed by atoms with Gasteiger partial charge in [-0.15, -0.1) is 24.0 Å². The van der Waals surface area contributed by atoms with Gasteiger partial charge in [0.05, 0.1) is 0 Å². The van der Waals surface area contributed by atoms with Crippen molar-refractivity contribution in [3.63, 3.8) is 0 Å². The normalized spacial score (nSPS) is 14.9. The monoisotopic (exact) mass is 553 g/mol. The van der Waals surface area contributed by atoms with Crippen LogP contribution in [0.1, 0.15) is 46.9 Å². The van der Waals surface area contributed by atoms with E-state index in [2.05, 4.69) is 43.6 Å². The molecule has 2 rings (SSSR count). The maximum Gasteiger partial charge on any atom is 0.407 e. The number of alkyl carbamates (subject to hydrolysis) is 1. The Kier molecular flexibility index (Phi) is 11.7. The Morgan fingerprint density at radius 2 is 1.90 bits per heavy atom. The van der Waals surface area contributed by atoms with Crippen molar-refractivity contribution in [1.29, 1.82) is 0 Å². The molecule has 1 saturated heterocycles. The number of anilines is 1. The molecule has 9 nitrogen and oxygen atoms in total. The lowest BCUT2D eigenvalue weighted by molar-refractivity contribution is 0.0527. The molecule has 1 aromatic rings. The van der Waals surface area contributed by atoms with Crippen molar-refractivity contribution in [2.24, 2.45) is 4.99 Å². The summed E-state index contributed by atoms with van der Waals surface area (Å²) in [5, 5.41) is 7.15. The number of halogens is 1. The minimum atomic E-state index is -0.477. The fourth-order valence-corrected chi connectivity index (χ4v) is 3.62. The molecule has 1 fully saturated rings. The predicted molar refractivity (Wildman–Crippen MR) is 133 cm³/mol. The first kappa shape index (κ1) is 26.7. The number of carbonyl (C=O) groups is 1. The number of guanidine groups is 1. The Morgan fingerprint density at radius 1 is 1.20 bits per heavy atom. The van der Waals surface area contributed by atoms with Crippen molar-refractivity contribution in [1.82, 2.24) is 24.9 Å². The van der Waals surface area contributed by atoms with Gasteiger partial charge in [-0.25, -0.2) is 9.78 Å². The Hall–Kier alpha value is -1.37. The van der Waals surface area contributed by atoms with Crippen molar-refractivity contribution in [3.05, 3.63) is 5.82 Å². The average molecular weight is 554 g/mol. The fourth-order valence-electron chi connectivity index (χ4n) is 2.82. The first-order valence-corrected chi connectivity index (χ1v) is 11.2. The summed E-state index contributed by atoms with van der Waals surface area (Å²) >= 11 is 1.48. The van der Waals surface area contributed by atoms with Crippen LogP contribution in [-0.4, -0.2) is 77.7 Å². The van der Waals surface area contributed by atoms with E-state index in [-0.39, 0.29) is 30.1 Å². The van der Waals surface area contributed by atoms with E-state index in [1.165, 1.54) is 11.5 Å². The van der Waals surface area contributed by atoms with Crippen LogP contribution in [0, 0.1) is 0 Å². The van der Waals surface area contributed by atoms with E-state index in [9.17, 15) is 4.79 Å². The summed E-state index contributed by atoms with van der Waals surface area (Å²) < 4.78 is 9.62. The smallest absolute Gasteiger partial charge is 0.407 e. The van der Waals surface area contributed by atoms with Crippen LogP contribution in [0.4, 0.5) is 9.93 Å². The van der Waals surface area contributed by atoms with Crippen LogP contribution in [0.5, 0.6) is 0 Å². The summed E-state index contributed by atoms with van der Waals surface area (Å²) in [5.41, 5.74) is -0.477. The second kappa shape index (κ2) is 13.1. The third kappa shape index (κ3) is 9.19. The molecular formula is C19H36IN7O2S. The third-order valence-electron chi connectivity index (χ3n) is 4.22. The van der Waals surface area contributed by atoms with Crippen molar-refractivity contribution < 1.29 is 9.53 Å². The molecule has 30 heavy (non-hydrogen) atoms. The molecule has 0 atom stereocenters. The number of carbonyl (C=O) groups excluding carboxylic acids is 1. The van der Waals surface area contributed by atoms with Crippen LogP contribution in [0.25, 0.3) is 0 Å². The minimum absolute atomic E-state index is 0. The number of aromatic nitrogens is 2. The molecule has 0 aliphatic carbocycles. The number of nitrogens with zero attached hydrogens (tertiary/aromatic N) is 5. The predicted octanol–water partition coefficient (Wildman–Crippen LogP) is 2.72. The number of ether oxygens (including phenoxy) is 1. The van der Waals surface area contributed by atoms with Gasteiger partial charge < -0.3 is 25.2 Å². The van der Waals surface area contributed by atoms with Gasteiger partial charge in [0.2, 0.25) is 5.13 Å². The number of hydrogen-bond donors (Lipinski definition) is 2. The zero-order valence-corrected chi connectivity index (χ0v) is 21.9. The molecular weight excluding hydrogens is 517 g/mol. The summed E-state index contributed by atoms with van der Waals surface area (Å²) in [4.78, 5) is 25.6. The lowest BCUT2D eigenvalue weighted by Crippen LogP contribution is -2.52. The van der Waals surface area contributed by atoms with Crippen molar-refractivity contribution >= 4 is 52.7 Å². The zero-order valence-electron chi connectivity index (χ0n) is 18.7. The van der Waals surface area contributed by atoms with Gasteiger partial charge >= 0.3 is 6.09 Å². The molecule has 2 N–H and O–H groups in total. The molecule has 2 heterocycles. The Labute approximate surface area is 201 Å². The second-order valence-electron chi connectivity index (χ2n) is 7.84. The van der Waals surface area contributed by atoms with E-state index < -0.39 is 5.60 Å². The first-order chi connectivity index (χ1) is 13.8. The van der Waals surface area contributed by atoms with E-state index in [0.717, 1.165) is 62.5 Å². The second-order valence-corrected chi connectivity index (χ2v) is 8.57. The lowest BCUT2D eigenvalue weighted by Gasteiger charge is -2.36. The van der Waals surface area contributed by atoms with Gasteiger partial charge in [-0.3, -0.25) is 4.99 Å². The van der Waals surface area contributed by atoms with E-state index in [1.54, 1.807) is 0 Å². The Bertz CT molecular complexity index is 670. The van der Waals surface area contributed by atoms with Gasteiger partial charge in [0.25, 0.3) is 0 Å². The highest BCUT2D eigenvalue weighted by Crippen LogP contribution is 2.19. The molecule has 1 amide bonds. The fraction of sp³-hybridized carbons (Fsp3) is 0.789. The minimum Gasteiger partial charge on any atom is -0.444 e. The Morgan fingerprint density at radius 3 is 2.47 bits per heavy atom. The maximum absolute atomic E-state index is 11.7. The summed E-state index contributed by atoms with van der Waals surface area (Å²) in [7, 11) is 0. The molecule has 1 aliphatic rings. The standard InChI is InChI=1S/C19H35N7O2S.HI/c1-6-15-23-17(29-24-15)26-13-11-25(12-14-26)16(20-7-2)21-9-8-10-22-18(27)28-19(3,4)5;/h6-14H2,1-5H3,(H,20,21)(H,22,27);1H. The number of aliphatic imine (C=N–C) groups is 1. The van der Waals surface area contributed by atoms with Gasteiger partial charge in [0, 0.05) is 63.8 Å². The largest absolute Gasteiger partial charge is 0.444 e. The number of hydrogen-bond acceptors (Lipinski definition) is 7. The van der Waals surface area contributed by atoms with Crippen LogP contribution in [0.15, 0.2) is 4.99 Å².